The van der Waals surface area contributed by atoms with E-state index in [0.717, 1.165) is 47.8 Å². The van der Waals surface area contributed by atoms with Crippen molar-refractivity contribution in [1.29, 1.82) is 0 Å². The first kappa shape index (κ1) is 19.0. The Labute approximate surface area is 169 Å². The van der Waals surface area contributed by atoms with Gasteiger partial charge in [-0.2, -0.15) is 0 Å². The van der Waals surface area contributed by atoms with Gasteiger partial charge in [-0.3, -0.25) is 14.9 Å². The molecule has 0 aliphatic carbocycles. The Morgan fingerprint density at radius 3 is 2.45 bits per heavy atom. The van der Waals surface area contributed by atoms with Crippen molar-refractivity contribution in [3.05, 3.63) is 52.8 Å². The van der Waals surface area contributed by atoms with Crippen LogP contribution in [0.15, 0.2) is 40.3 Å². The highest BCUT2D eigenvalue weighted by atomic mass is 16.4. The van der Waals surface area contributed by atoms with Crippen LogP contribution in [0.4, 0.5) is 16.4 Å². The number of benzene rings is 1. The lowest BCUT2D eigenvalue weighted by Gasteiger charge is -2.27. The van der Waals surface area contributed by atoms with Crippen LogP contribution in [-0.2, 0) is 9.59 Å². The number of furan rings is 1. The van der Waals surface area contributed by atoms with Crippen molar-refractivity contribution >= 4 is 35.5 Å². The minimum absolute atomic E-state index is 0.137. The highest BCUT2D eigenvalue weighted by molar-refractivity contribution is 6.39. The second kappa shape index (κ2) is 7.58. The average molecular weight is 393 g/mol. The second-order valence-electron chi connectivity index (χ2n) is 7.45. The number of aryl methyl sites for hydroxylation is 2. The summed E-state index contributed by atoms with van der Waals surface area (Å²) in [7, 11) is 0. The number of anilines is 2. The number of hydrogen-bond donors (Lipinski definition) is 1. The standard InChI is InChI=1S/C22H23N3O4/c1-14-6-7-16(12-15(14)2)25-21(27)18(20(26)23-22(25)28)13-17-8-9-19(29-17)24-10-4-3-5-11-24/h6-9,12-13H,3-5,10-11H2,1-2H3,(H,23,26,28)/b18-13+. The molecule has 2 aromatic rings. The Morgan fingerprint density at radius 2 is 1.72 bits per heavy atom. The second-order valence-corrected chi connectivity index (χ2v) is 7.45. The molecule has 2 fully saturated rings. The first-order valence-corrected chi connectivity index (χ1v) is 9.77. The third kappa shape index (κ3) is 3.68. The van der Waals surface area contributed by atoms with E-state index in [1.165, 1.54) is 12.5 Å². The third-order valence-electron chi connectivity index (χ3n) is 5.42. The minimum Gasteiger partial charge on any atom is -0.441 e. The van der Waals surface area contributed by atoms with Gasteiger partial charge in [-0.05, 0) is 68.5 Å². The van der Waals surface area contributed by atoms with Crippen molar-refractivity contribution < 1.29 is 18.8 Å². The van der Waals surface area contributed by atoms with E-state index in [2.05, 4.69) is 10.2 Å². The van der Waals surface area contributed by atoms with E-state index in [1.54, 1.807) is 18.2 Å². The number of carbonyl (C=O) groups excluding carboxylic acids is 3. The van der Waals surface area contributed by atoms with Crippen LogP contribution < -0.4 is 15.1 Å². The molecule has 0 saturated carbocycles. The van der Waals surface area contributed by atoms with Gasteiger partial charge in [-0.15, -0.1) is 0 Å². The summed E-state index contributed by atoms with van der Waals surface area (Å²) in [6.45, 7) is 5.71. The molecule has 0 spiro atoms. The molecule has 7 nitrogen and oxygen atoms in total. The van der Waals surface area contributed by atoms with Gasteiger partial charge >= 0.3 is 6.03 Å². The van der Waals surface area contributed by atoms with E-state index in [-0.39, 0.29) is 5.57 Å². The van der Waals surface area contributed by atoms with Gasteiger partial charge in [0.25, 0.3) is 11.8 Å². The maximum absolute atomic E-state index is 13.0. The van der Waals surface area contributed by atoms with E-state index in [4.69, 9.17) is 4.42 Å². The molecule has 29 heavy (non-hydrogen) atoms. The van der Waals surface area contributed by atoms with Crippen LogP contribution in [0.5, 0.6) is 0 Å². The predicted octanol–water partition coefficient (Wildman–Crippen LogP) is 3.55. The van der Waals surface area contributed by atoms with E-state index >= 15 is 0 Å². The summed E-state index contributed by atoms with van der Waals surface area (Å²) in [5.74, 6) is -0.269. The maximum atomic E-state index is 13.0. The summed E-state index contributed by atoms with van der Waals surface area (Å²) >= 11 is 0. The van der Waals surface area contributed by atoms with Crippen LogP contribution in [0, 0.1) is 13.8 Å². The lowest BCUT2D eigenvalue weighted by atomic mass is 10.1. The average Bonchev–Trinajstić information content (AvgIpc) is 3.17. The van der Waals surface area contributed by atoms with Crippen LogP contribution in [-0.4, -0.2) is 30.9 Å². The molecule has 1 N–H and O–H groups in total. The molecule has 4 rings (SSSR count). The van der Waals surface area contributed by atoms with Crippen molar-refractivity contribution in [2.75, 3.05) is 22.9 Å². The topological polar surface area (TPSA) is 82.9 Å². The molecule has 0 atom stereocenters. The molecule has 1 aromatic carbocycles. The number of imide groups is 2. The number of nitrogens with zero attached hydrogens (tertiary/aromatic N) is 2. The Morgan fingerprint density at radius 1 is 0.966 bits per heavy atom. The van der Waals surface area contributed by atoms with Gasteiger partial charge in [0.2, 0.25) is 0 Å². The predicted molar refractivity (Wildman–Crippen MR) is 110 cm³/mol. The number of barbiturate groups is 1. The summed E-state index contributed by atoms with van der Waals surface area (Å²) in [5, 5.41) is 2.24. The fourth-order valence-electron chi connectivity index (χ4n) is 3.60. The molecule has 7 heteroatoms. The quantitative estimate of drug-likeness (QED) is 0.637. The van der Waals surface area contributed by atoms with E-state index in [1.807, 2.05) is 26.0 Å². The Balaban J connectivity index is 1.63. The fraction of sp³-hybridized carbons (Fsp3) is 0.318. The molecule has 2 aliphatic rings. The van der Waals surface area contributed by atoms with Crippen molar-refractivity contribution in [2.45, 2.75) is 33.1 Å². The van der Waals surface area contributed by atoms with Gasteiger partial charge in [-0.25, -0.2) is 9.69 Å². The van der Waals surface area contributed by atoms with E-state index in [9.17, 15) is 14.4 Å². The van der Waals surface area contributed by atoms with E-state index in [0.29, 0.717) is 11.4 Å². The van der Waals surface area contributed by atoms with Gasteiger partial charge in [0.05, 0.1) is 5.69 Å². The highest BCUT2D eigenvalue weighted by Gasteiger charge is 2.37. The Hall–Kier alpha value is -3.35. The van der Waals surface area contributed by atoms with Crippen molar-refractivity contribution in [3.63, 3.8) is 0 Å². The highest BCUT2D eigenvalue weighted by Crippen LogP contribution is 2.27. The Bertz CT molecular complexity index is 1010. The molecule has 2 aliphatic heterocycles. The van der Waals surface area contributed by atoms with Gasteiger partial charge in [-0.1, -0.05) is 6.07 Å². The molecular weight excluding hydrogens is 370 g/mol. The van der Waals surface area contributed by atoms with Crippen LogP contribution in [0.1, 0.15) is 36.1 Å². The zero-order chi connectivity index (χ0) is 20.5. The lowest BCUT2D eigenvalue weighted by Crippen LogP contribution is -2.54. The number of amides is 4. The normalized spacial score (nSPS) is 19.1. The Kier molecular flexibility index (Phi) is 4.96. The lowest BCUT2D eigenvalue weighted by molar-refractivity contribution is -0.122. The van der Waals surface area contributed by atoms with Gasteiger partial charge in [0.1, 0.15) is 11.3 Å². The molecule has 4 amide bonds. The molecular formula is C22H23N3O4. The molecule has 2 saturated heterocycles. The number of piperidine rings is 1. The molecule has 1 aromatic heterocycles. The van der Waals surface area contributed by atoms with Gasteiger partial charge in [0, 0.05) is 19.2 Å². The molecule has 0 unspecified atom stereocenters. The molecule has 150 valence electrons. The SMILES string of the molecule is Cc1ccc(N2C(=O)NC(=O)/C(=C\c3ccc(N4CCCCC4)o3)C2=O)cc1C. The number of urea groups is 1. The zero-order valence-corrected chi connectivity index (χ0v) is 16.5. The zero-order valence-electron chi connectivity index (χ0n) is 16.5. The van der Waals surface area contributed by atoms with E-state index < -0.39 is 17.8 Å². The molecule has 0 bridgehead atoms. The summed E-state index contributed by atoms with van der Waals surface area (Å²) in [5.41, 5.74) is 2.28. The van der Waals surface area contributed by atoms with Gasteiger partial charge in [0.15, 0.2) is 5.88 Å². The summed E-state index contributed by atoms with van der Waals surface area (Å²) < 4.78 is 5.84. The maximum Gasteiger partial charge on any atom is 0.335 e. The first-order chi connectivity index (χ1) is 13.9. The first-order valence-electron chi connectivity index (χ1n) is 9.77. The summed E-state index contributed by atoms with van der Waals surface area (Å²) in [6, 6.07) is 8.09. The summed E-state index contributed by atoms with van der Waals surface area (Å²) in [6.07, 6.45) is 4.84. The minimum atomic E-state index is -0.756. The third-order valence-corrected chi connectivity index (χ3v) is 5.42. The van der Waals surface area contributed by atoms with Crippen molar-refractivity contribution in [2.24, 2.45) is 0 Å². The number of nitrogens with one attached hydrogen (secondary N) is 1. The van der Waals surface area contributed by atoms with Crippen molar-refractivity contribution in [1.82, 2.24) is 5.32 Å². The van der Waals surface area contributed by atoms with Crippen LogP contribution in [0.2, 0.25) is 0 Å². The number of hydrogen-bond acceptors (Lipinski definition) is 5. The van der Waals surface area contributed by atoms with Gasteiger partial charge < -0.3 is 9.32 Å². The number of carbonyl (C=O) groups is 3. The monoisotopic (exact) mass is 393 g/mol. The molecule has 3 heterocycles. The fourth-order valence-corrected chi connectivity index (χ4v) is 3.60. The van der Waals surface area contributed by atoms with Crippen LogP contribution >= 0.6 is 0 Å². The smallest absolute Gasteiger partial charge is 0.335 e. The van der Waals surface area contributed by atoms with Crippen molar-refractivity contribution in [3.8, 4) is 0 Å². The largest absolute Gasteiger partial charge is 0.441 e. The molecule has 0 radical (unpaired) electrons. The van der Waals surface area contributed by atoms with Crippen LogP contribution in [0.3, 0.4) is 0 Å². The summed E-state index contributed by atoms with van der Waals surface area (Å²) in [4.78, 5) is 40.8. The van der Waals surface area contributed by atoms with Crippen LogP contribution in [0.25, 0.3) is 6.08 Å². The number of rotatable bonds is 3.